The summed E-state index contributed by atoms with van der Waals surface area (Å²) in [6.07, 6.45) is 1.69. The van der Waals surface area contributed by atoms with Gasteiger partial charge in [0, 0.05) is 0 Å². The number of hydrogen-bond acceptors (Lipinski definition) is 7. The molecule has 1 fully saturated rings. The van der Waals surface area contributed by atoms with Crippen LogP contribution in [0.5, 0.6) is 11.5 Å². The molecule has 0 saturated carbocycles. The van der Waals surface area contributed by atoms with Crippen molar-refractivity contribution in [2.24, 2.45) is 4.99 Å². The summed E-state index contributed by atoms with van der Waals surface area (Å²) in [4.78, 5) is 28.4. The summed E-state index contributed by atoms with van der Waals surface area (Å²) in [6.45, 7) is 0. The average Bonchev–Trinajstić information content (AvgIpc) is 3.02. The largest absolute Gasteiger partial charge is 0.504 e. The van der Waals surface area contributed by atoms with Gasteiger partial charge in [-0.3, -0.25) is 4.79 Å². The molecule has 138 valence electrons. The van der Waals surface area contributed by atoms with Crippen LogP contribution in [0.1, 0.15) is 15.9 Å². The minimum absolute atomic E-state index is 0.0285. The Kier molecular flexibility index (Phi) is 5.46. The van der Waals surface area contributed by atoms with E-state index in [-0.39, 0.29) is 11.7 Å². The number of ether oxygens (including phenoxy) is 2. The molecule has 0 aromatic heterocycles. The number of phenols is 1. The van der Waals surface area contributed by atoms with Crippen molar-refractivity contribution in [2.75, 3.05) is 14.2 Å². The van der Waals surface area contributed by atoms with Crippen LogP contribution < -0.4 is 10.1 Å². The number of thioether (sulfide) groups is 1. The Morgan fingerprint density at radius 3 is 2.59 bits per heavy atom. The second-order valence-corrected chi connectivity index (χ2v) is 6.48. The van der Waals surface area contributed by atoms with Crippen LogP contribution >= 0.6 is 11.8 Å². The lowest BCUT2D eigenvalue weighted by Gasteiger charge is -2.03. The van der Waals surface area contributed by atoms with Gasteiger partial charge in [-0.25, -0.2) is 9.79 Å². The molecule has 1 aliphatic heterocycles. The maximum atomic E-state index is 12.2. The first-order valence-corrected chi connectivity index (χ1v) is 8.67. The van der Waals surface area contributed by atoms with Crippen molar-refractivity contribution >= 4 is 40.6 Å². The fourth-order valence-corrected chi connectivity index (χ4v) is 3.16. The molecule has 1 amide bonds. The van der Waals surface area contributed by atoms with Crippen molar-refractivity contribution in [1.82, 2.24) is 5.32 Å². The lowest BCUT2D eigenvalue weighted by molar-refractivity contribution is -0.115. The van der Waals surface area contributed by atoms with Gasteiger partial charge in [0.05, 0.1) is 30.4 Å². The summed E-state index contributed by atoms with van der Waals surface area (Å²) in [5, 5.41) is 12.8. The number of nitrogens with one attached hydrogen (secondary N) is 1. The predicted octanol–water partition coefficient (Wildman–Crippen LogP) is 3.08. The Labute approximate surface area is 159 Å². The number of carbonyl (C=O) groups is 2. The number of amides is 1. The normalized spacial score (nSPS) is 16.4. The Bertz CT molecular complexity index is 951. The van der Waals surface area contributed by atoms with E-state index in [0.717, 1.165) is 0 Å². The summed E-state index contributed by atoms with van der Waals surface area (Å²) in [5.74, 6) is -0.336. The SMILES string of the molecule is COC(=O)c1ccc(N=C2NC(=O)/C(=C/c3ccc(O)c(OC)c3)S2)cc1. The van der Waals surface area contributed by atoms with Gasteiger partial charge in [0.15, 0.2) is 16.7 Å². The summed E-state index contributed by atoms with van der Waals surface area (Å²) in [7, 11) is 2.78. The van der Waals surface area contributed by atoms with E-state index in [1.54, 1.807) is 42.5 Å². The minimum atomic E-state index is -0.424. The van der Waals surface area contributed by atoms with Crippen molar-refractivity contribution in [2.45, 2.75) is 0 Å². The third-order valence-corrected chi connectivity index (χ3v) is 4.58. The molecule has 3 rings (SSSR count). The van der Waals surface area contributed by atoms with E-state index in [2.05, 4.69) is 15.0 Å². The van der Waals surface area contributed by atoms with Crippen LogP contribution in [-0.2, 0) is 9.53 Å². The fraction of sp³-hybridized carbons (Fsp3) is 0.105. The standard InChI is InChI=1S/C19H16N2O5S/c1-25-15-9-11(3-8-14(15)22)10-16-17(23)21-19(27-16)20-13-6-4-12(5-7-13)18(24)26-2/h3-10,22H,1-2H3,(H,20,21,23)/b16-10-. The first kappa shape index (κ1) is 18.5. The topological polar surface area (TPSA) is 97.2 Å². The molecule has 8 heteroatoms. The molecular formula is C19H16N2O5S. The van der Waals surface area contributed by atoms with Crippen LogP contribution in [0.4, 0.5) is 5.69 Å². The highest BCUT2D eigenvalue weighted by molar-refractivity contribution is 8.18. The number of methoxy groups -OCH3 is 2. The zero-order valence-electron chi connectivity index (χ0n) is 14.6. The zero-order chi connectivity index (χ0) is 19.4. The highest BCUT2D eigenvalue weighted by Crippen LogP contribution is 2.31. The van der Waals surface area contributed by atoms with E-state index in [4.69, 9.17) is 4.74 Å². The number of esters is 1. The molecule has 0 unspecified atom stereocenters. The Balaban J connectivity index is 1.78. The molecule has 1 aliphatic rings. The van der Waals surface area contributed by atoms with E-state index < -0.39 is 5.97 Å². The summed E-state index contributed by atoms with van der Waals surface area (Å²) < 4.78 is 9.72. The summed E-state index contributed by atoms with van der Waals surface area (Å²) in [5.41, 5.74) is 1.73. The fourth-order valence-electron chi connectivity index (χ4n) is 2.32. The molecule has 1 heterocycles. The van der Waals surface area contributed by atoms with Crippen molar-refractivity contribution in [3.8, 4) is 11.5 Å². The van der Waals surface area contributed by atoms with Crippen LogP contribution in [0.15, 0.2) is 52.4 Å². The number of amidine groups is 1. The number of benzene rings is 2. The van der Waals surface area contributed by atoms with Crippen LogP contribution in [0.25, 0.3) is 6.08 Å². The van der Waals surface area contributed by atoms with Gasteiger partial charge in [-0.15, -0.1) is 0 Å². The molecule has 0 radical (unpaired) electrons. The van der Waals surface area contributed by atoms with Crippen LogP contribution in [-0.4, -0.2) is 36.4 Å². The van der Waals surface area contributed by atoms with Crippen LogP contribution in [0.2, 0.25) is 0 Å². The van der Waals surface area contributed by atoms with Crippen molar-refractivity contribution in [1.29, 1.82) is 0 Å². The highest BCUT2D eigenvalue weighted by atomic mass is 32.2. The molecule has 2 N–H and O–H groups in total. The van der Waals surface area contributed by atoms with Crippen molar-refractivity contribution in [3.63, 3.8) is 0 Å². The molecule has 0 aliphatic carbocycles. The number of aliphatic imine (C=N–C) groups is 1. The number of carbonyl (C=O) groups excluding carboxylic acids is 2. The number of phenolic OH excluding ortho intramolecular Hbond substituents is 1. The monoisotopic (exact) mass is 384 g/mol. The maximum absolute atomic E-state index is 12.2. The molecule has 0 bridgehead atoms. The van der Waals surface area contributed by atoms with Gasteiger partial charge in [0.2, 0.25) is 0 Å². The van der Waals surface area contributed by atoms with Gasteiger partial charge < -0.3 is 19.9 Å². The van der Waals surface area contributed by atoms with Crippen molar-refractivity contribution < 1.29 is 24.2 Å². The van der Waals surface area contributed by atoms with E-state index in [9.17, 15) is 14.7 Å². The average molecular weight is 384 g/mol. The Morgan fingerprint density at radius 2 is 1.93 bits per heavy atom. The van der Waals surface area contributed by atoms with Gasteiger partial charge in [-0.1, -0.05) is 6.07 Å². The van der Waals surface area contributed by atoms with E-state index in [0.29, 0.717) is 32.6 Å². The number of nitrogens with zero attached hydrogens (tertiary/aromatic N) is 1. The number of rotatable bonds is 4. The number of aromatic hydroxyl groups is 1. The van der Waals surface area contributed by atoms with Gasteiger partial charge in [-0.05, 0) is 59.8 Å². The molecular weight excluding hydrogens is 368 g/mol. The van der Waals surface area contributed by atoms with E-state index in [1.165, 1.54) is 32.0 Å². The molecule has 2 aromatic carbocycles. The quantitative estimate of drug-likeness (QED) is 0.621. The van der Waals surface area contributed by atoms with Gasteiger partial charge >= 0.3 is 5.97 Å². The number of hydrogen-bond donors (Lipinski definition) is 2. The van der Waals surface area contributed by atoms with E-state index >= 15 is 0 Å². The minimum Gasteiger partial charge on any atom is -0.504 e. The molecule has 0 spiro atoms. The predicted molar refractivity (Wildman–Crippen MR) is 103 cm³/mol. The highest BCUT2D eigenvalue weighted by Gasteiger charge is 2.24. The molecule has 7 nitrogen and oxygen atoms in total. The third kappa shape index (κ3) is 4.29. The molecule has 1 saturated heterocycles. The Morgan fingerprint density at radius 1 is 1.19 bits per heavy atom. The zero-order valence-corrected chi connectivity index (χ0v) is 15.4. The molecule has 27 heavy (non-hydrogen) atoms. The van der Waals surface area contributed by atoms with Crippen molar-refractivity contribution in [3.05, 3.63) is 58.5 Å². The van der Waals surface area contributed by atoms with Gasteiger partial charge in [0.25, 0.3) is 5.91 Å². The Hall–Kier alpha value is -3.26. The summed E-state index contributed by atoms with van der Waals surface area (Å²) >= 11 is 1.20. The van der Waals surface area contributed by atoms with Crippen LogP contribution in [0, 0.1) is 0 Å². The molecule has 0 atom stereocenters. The van der Waals surface area contributed by atoms with Crippen LogP contribution in [0.3, 0.4) is 0 Å². The van der Waals surface area contributed by atoms with Gasteiger partial charge in [0.1, 0.15) is 0 Å². The maximum Gasteiger partial charge on any atom is 0.337 e. The van der Waals surface area contributed by atoms with Gasteiger partial charge in [-0.2, -0.15) is 0 Å². The molecule has 2 aromatic rings. The third-order valence-electron chi connectivity index (χ3n) is 3.67. The smallest absolute Gasteiger partial charge is 0.337 e. The second kappa shape index (κ2) is 7.96. The second-order valence-electron chi connectivity index (χ2n) is 5.45. The first-order chi connectivity index (χ1) is 13.0. The lowest BCUT2D eigenvalue weighted by atomic mass is 10.2. The van der Waals surface area contributed by atoms with E-state index in [1.807, 2.05) is 0 Å². The summed E-state index contributed by atoms with van der Waals surface area (Å²) in [6, 6.07) is 11.4. The lowest BCUT2D eigenvalue weighted by Crippen LogP contribution is -2.19. The first-order valence-electron chi connectivity index (χ1n) is 7.85.